The van der Waals surface area contributed by atoms with Crippen LogP contribution in [0.5, 0.6) is 5.88 Å². The zero-order valence-electron chi connectivity index (χ0n) is 25.2. The maximum absolute atomic E-state index is 13.6. The summed E-state index contributed by atoms with van der Waals surface area (Å²) in [5.74, 6) is 0.180. The summed E-state index contributed by atoms with van der Waals surface area (Å²) >= 11 is 0. The molecular formula is C31H36F3N5O5. The normalized spacial score (nSPS) is 14.5. The van der Waals surface area contributed by atoms with Crippen LogP contribution in [0.15, 0.2) is 48.5 Å². The van der Waals surface area contributed by atoms with E-state index in [2.05, 4.69) is 20.6 Å². The lowest BCUT2D eigenvalue weighted by Crippen LogP contribution is -2.38. The molecule has 1 aliphatic heterocycles. The fourth-order valence-electron chi connectivity index (χ4n) is 4.50. The monoisotopic (exact) mass is 615 g/mol. The summed E-state index contributed by atoms with van der Waals surface area (Å²) in [6, 6.07) is 11.2. The number of ether oxygens (including phenoxy) is 3. The molecule has 1 aliphatic rings. The fraction of sp³-hybridized carbons (Fsp3) is 0.419. The Balaban J connectivity index is 1.52. The van der Waals surface area contributed by atoms with Crippen molar-refractivity contribution in [3.63, 3.8) is 0 Å². The molecule has 2 N–H and O–H groups in total. The molecule has 44 heavy (non-hydrogen) atoms. The van der Waals surface area contributed by atoms with Crippen molar-refractivity contribution in [2.24, 2.45) is 0 Å². The molecule has 0 aliphatic carbocycles. The molecule has 0 unspecified atom stereocenters. The van der Waals surface area contributed by atoms with Crippen molar-refractivity contribution in [2.45, 2.75) is 52.1 Å². The number of alkyl carbamates (subject to hydrolysis) is 1. The summed E-state index contributed by atoms with van der Waals surface area (Å²) in [5.41, 5.74) is 0.615. The Bertz CT molecular complexity index is 1470. The first kappa shape index (κ1) is 32.5. The summed E-state index contributed by atoms with van der Waals surface area (Å²) in [7, 11) is 1.46. The van der Waals surface area contributed by atoms with Gasteiger partial charge in [-0.3, -0.25) is 4.79 Å². The second kappa shape index (κ2) is 13.5. The van der Waals surface area contributed by atoms with Crippen molar-refractivity contribution in [1.29, 1.82) is 0 Å². The van der Waals surface area contributed by atoms with Gasteiger partial charge in [-0.05, 0) is 62.1 Å². The molecule has 10 nitrogen and oxygen atoms in total. The van der Waals surface area contributed by atoms with E-state index in [1.807, 2.05) is 4.90 Å². The molecule has 13 heteroatoms. The molecule has 236 valence electrons. The van der Waals surface area contributed by atoms with Crippen molar-refractivity contribution >= 4 is 17.9 Å². The molecule has 0 spiro atoms. The number of anilines is 1. The van der Waals surface area contributed by atoms with Gasteiger partial charge in [0.15, 0.2) is 0 Å². The van der Waals surface area contributed by atoms with Gasteiger partial charge < -0.3 is 29.7 Å². The lowest BCUT2D eigenvalue weighted by molar-refractivity contribution is -0.137. The molecule has 4 rings (SSSR count). The van der Waals surface area contributed by atoms with E-state index in [9.17, 15) is 22.8 Å². The number of rotatable bonds is 8. The Morgan fingerprint density at radius 3 is 2.32 bits per heavy atom. The predicted molar refractivity (Wildman–Crippen MR) is 157 cm³/mol. The van der Waals surface area contributed by atoms with Gasteiger partial charge in [0.2, 0.25) is 11.8 Å². The number of halogens is 3. The molecule has 1 saturated heterocycles. The van der Waals surface area contributed by atoms with Crippen LogP contribution in [0.3, 0.4) is 0 Å². The van der Waals surface area contributed by atoms with Gasteiger partial charge in [0.05, 0.1) is 31.9 Å². The Hall–Kier alpha value is -4.39. The summed E-state index contributed by atoms with van der Waals surface area (Å²) in [6.07, 6.45) is -5.22. The lowest BCUT2D eigenvalue weighted by Gasteiger charge is -2.27. The van der Waals surface area contributed by atoms with Crippen LogP contribution in [0, 0.1) is 0 Å². The first-order valence-corrected chi connectivity index (χ1v) is 14.1. The number of hydrogen-bond donors (Lipinski definition) is 2. The second-order valence-corrected chi connectivity index (χ2v) is 11.2. The fourth-order valence-corrected chi connectivity index (χ4v) is 4.50. The van der Waals surface area contributed by atoms with E-state index in [0.29, 0.717) is 48.9 Å². The van der Waals surface area contributed by atoms with Gasteiger partial charge in [0, 0.05) is 25.7 Å². The van der Waals surface area contributed by atoms with Crippen molar-refractivity contribution in [1.82, 2.24) is 20.6 Å². The average molecular weight is 616 g/mol. The lowest BCUT2D eigenvalue weighted by atomic mass is 9.95. The van der Waals surface area contributed by atoms with E-state index in [1.54, 1.807) is 52.0 Å². The number of carbonyl (C=O) groups excluding carboxylic acids is 2. The minimum Gasteiger partial charge on any atom is -0.481 e. The van der Waals surface area contributed by atoms with Crippen LogP contribution in [-0.2, 0) is 22.2 Å². The molecule has 0 bridgehead atoms. The second-order valence-electron chi connectivity index (χ2n) is 11.2. The first-order chi connectivity index (χ1) is 20.7. The van der Waals surface area contributed by atoms with Crippen molar-refractivity contribution in [3.05, 3.63) is 70.9 Å². The highest BCUT2D eigenvalue weighted by molar-refractivity contribution is 5.93. The van der Waals surface area contributed by atoms with Gasteiger partial charge in [0.1, 0.15) is 11.3 Å². The van der Waals surface area contributed by atoms with E-state index < -0.39 is 35.4 Å². The first-order valence-electron chi connectivity index (χ1n) is 14.1. The number of hydrogen-bond acceptors (Lipinski definition) is 8. The van der Waals surface area contributed by atoms with Crippen LogP contribution in [0.4, 0.5) is 23.9 Å². The number of benzene rings is 2. The highest BCUT2D eigenvalue weighted by Crippen LogP contribution is 2.34. The molecular weight excluding hydrogens is 579 g/mol. The van der Waals surface area contributed by atoms with Crippen LogP contribution >= 0.6 is 0 Å². The summed E-state index contributed by atoms with van der Waals surface area (Å²) < 4.78 is 56.6. The van der Waals surface area contributed by atoms with Gasteiger partial charge in [0.25, 0.3) is 5.91 Å². The highest BCUT2D eigenvalue weighted by atomic mass is 19.4. The summed E-state index contributed by atoms with van der Waals surface area (Å²) in [5, 5.41) is 5.51. The maximum atomic E-state index is 13.6. The van der Waals surface area contributed by atoms with Crippen LogP contribution in [-0.4, -0.2) is 61.0 Å². The molecule has 2 amide bonds. The number of alkyl halides is 3. The number of methoxy groups -OCH3 is 1. The van der Waals surface area contributed by atoms with Crippen molar-refractivity contribution in [3.8, 4) is 17.0 Å². The Morgan fingerprint density at radius 2 is 1.70 bits per heavy atom. The SMILES string of the molecule is COc1cc(C(=O)N[C@H](C)c2ccc(-c3cc(C(F)(F)F)ccc3CNC(=O)OC(C)(C)C)cc2)nc(N2CCOCC2)n1. The van der Waals surface area contributed by atoms with Crippen LogP contribution < -0.4 is 20.3 Å². The van der Waals surface area contributed by atoms with Crippen molar-refractivity contribution < 1.29 is 37.0 Å². The average Bonchev–Trinajstić information content (AvgIpc) is 2.98. The van der Waals surface area contributed by atoms with Gasteiger partial charge >= 0.3 is 12.3 Å². The number of nitrogens with one attached hydrogen (secondary N) is 2. The zero-order chi connectivity index (χ0) is 32.1. The van der Waals surface area contributed by atoms with Gasteiger partial charge in [-0.25, -0.2) is 9.78 Å². The third kappa shape index (κ3) is 8.59. The van der Waals surface area contributed by atoms with Crippen LogP contribution in [0.1, 0.15) is 60.9 Å². The molecule has 0 radical (unpaired) electrons. The molecule has 2 heterocycles. The quantitative estimate of drug-likeness (QED) is 0.340. The maximum Gasteiger partial charge on any atom is 0.416 e. The number of amides is 2. The van der Waals surface area contributed by atoms with E-state index in [0.717, 1.165) is 17.7 Å². The van der Waals surface area contributed by atoms with Gasteiger partial charge in [-0.2, -0.15) is 18.2 Å². The minimum absolute atomic E-state index is 0.0363. The Morgan fingerprint density at radius 1 is 1.02 bits per heavy atom. The largest absolute Gasteiger partial charge is 0.481 e. The molecule has 3 aromatic rings. The third-order valence-corrected chi connectivity index (χ3v) is 6.76. The minimum atomic E-state index is -4.55. The standard InChI is InChI=1S/C31H36F3N5O5/c1-19(36-27(40)25-17-26(42-5)38-28(37-25)39-12-14-43-15-13-39)20-6-8-21(9-7-20)24-16-23(31(32,33)34)11-10-22(24)18-35-29(41)44-30(2,3)4/h6-11,16-17,19H,12-15,18H2,1-5H3,(H,35,41)(H,36,40)/t19-/m1/s1. The van der Waals surface area contributed by atoms with E-state index in [4.69, 9.17) is 14.2 Å². The summed E-state index contributed by atoms with van der Waals surface area (Å²) in [6.45, 7) is 9.12. The number of morpholine rings is 1. The molecule has 1 aromatic heterocycles. The molecule has 1 fully saturated rings. The van der Waals surface area contributed by atoms with Crippen LogP contribution in [0.25, 0.3) is 11.1 Å². The number of nitrogens with zero attached hydrogens (tertiary/aromatic N) is 3. The molecule has 2 aromatic carbocycles. The van der Waals surface area contributed by atoms with E-state index >= 15 is 0 Å². The number of carbonyl (C=O) groups is 2. The topological polar surface area (TPSA) is 115 Å². The summed E-state index contributed by atoms with van der Waals surface area (Å²) in [4.78, 5) is 36.0. The predicted octanol–water partition coefficient (Wildman–Crippen LogP) is 5.52. The van der Waals surface area contributed by atoms with E-state index in [1.165, 1.54) is 19.2 Å². The van der Waals surface area contributed by atoms with Crippen molar-refractivity contribution in [2.75, 3.05) is 38.3 Å². The zero-order valence-corrected chi connectivity index (χ0v) is 25.2. The van der Waals surface area contributed by atoms with Gasteiger partial charge in [-0.1, -0.05) is 30.3 Å². The smallest absolute Gasteiger partial charge is 0.416 e. The van der Waals surface area contributed by atoms with E-state index in [-0.39, 0.29) is 18.1 Å². The number of aromatic nitrogens is 2. The Labute approximate surface area is 253 Å². The highest BCUT2D eigenvalue weighted by Gasteiger charge is 2.31. The van der Waals surface area contributed by atoms with Crippen LogP contribution in [0.2, 0.25) is 0 Å². The Kier molecular flexibility index (Phi) is 9.98. The van der Waals surface area contributed by atoms with Gasteiger partial charge in [-0.15, -0.1) is 0 Å². The molecule has 0 saturated carbocycles. The third-order valence-electron chi connectivity index (χ3n) is 6.76. The molecule has 1 atom stereocenters.